The summed E-state index contributed by atoms with van der Waals surface area (Å²) >= 11 is 6.68. The van der Waals surface area contributed by atoms with E-state index in [-0.39, 0.29) is 6.04 Å². The van der Waals surface area contributed by atoms with Crippen molar-refractivity contribution in [3.63, 3.8) is 0 Å². The molecule has 4 heterocycles. The van der Waals surface area contributed by atoms with E-state index < -0.39 is 31.1 Å². The summed E-state index contributed by atoms with van der Waals surface area (Å²) in [7, 11) is 0. The van der Waals surface area contributed by atoms with Crippen molar-refractivity contribution in [3.8, 4) is 0 Å². The van der Waals surface area contributed by atoms with Gasteiger partial charge in [-0.1, -0.05) is 23.9 Å². The van der Waals surface area contributed by atoms with E-state index in [0.29, 0.717) is 21.7 Å². The fourth-order valence-electron chi connectivity index (χ4n) is 3.67. The molecule has 0 radical (unpaired) electrons. The Bertz CT molecular complexity index is 1250. The van der Waals surface area contributed by atoms with E-state index in [1.165, 1.54) is 10.9 Å². The van der Waals surface area contributed by atoms with Crippen molar-refractivity contribution in [1.29, 1.82) is 0 Å². The van der Waals surface area contributed by atoms with Crippen LogP contribution < -0.4 is 5.32 Å². The SMILES string of the molecule is C[C@H](CSc1nc2ccccc2s1)Nc1nc(Br)nc2c1ncn2[C@@H]1O[C@H](CO)[C@@H](O)[C@H]1O. The Morgan fingerprint density at radius 3 is 2.82 bits per heavy atom. The van der Waals surface area contributed by atoms with Gasteiger partial charge in [0.05, 0.1) is 23.2 Å². The molecule has 1 aliphatic heterocycles. The topological polar surface area (TPSA) is 138 Å². The van der Waals surface area contributed by atoms with Gasteiger partial charge in [-0.3, -0.25) is 4.57 Å². The Hall–Kier alpha value is -1.87. The zero-order chi connectivity index (χ0) is 23.1. The van der Waals surface area contributed by atoms with Crippen LogP contribution in [0.2, 0.25) is 0 Å². The van der Waals surface area contributed by atoms with Crippen molar-refractivity contribution < 1.29 is 20.1 Å². The number of rotatable bonds is 7. The minimum Gasteiger partial charge on any atom is -0.394 e. The van der Waals surface area contributed by atoms with Gasteiger partial charge in [-0.25, -0.2) is 19.9 Å². The van der Waals surface area contributed by atoms with Gasteiger partial charge in [-0.05, 0) is 35.0 Å². The molecule has 174 valence electrons. The van der Waals surface area contributed by atoms with Gasteiger partial charge in [0, 0.05) is 11.8 Å². The number of hydrogen-bond donors (Lipinski definition) is 4. The van der Waals surface area contributed by atoms with Crippen LogP contribution in [0.25, 0.3) is 21.4 Å². The van der Waals surface area contributed by atoms with E-state index in [1.54, 1.807) is 23.1 Å². The van der Waals surface area contributed by atoms with Crippen LogP contribution in [0, 0.1) is 0 Å². The highest BCUT2D eigenvalue weighted by atomic mass is 79.9. The van der Waals surface area contributed by atoms with Crippen LogP contribution >= 0.6 is 39.0 Å². The number of halogens is 1. The number of para-hydroxylation sites is 1. The molecule has 1 saturated heterocycles. The number of nitrogens with zero attached hydrogens (tertiary/aromatic N) is 5. The number of aliphatic hydroxyl groups excluding tert-OH is 3. The Labute approximate surface area is 205 Å². The number of fused-ring (bicyclic) bond motifs is 2. The predicted octanol–water partition coefficient (Wildman–Crippen LogP) is 2.40. The van der Waals surface area contributed by atoms with Crippen LogP contribution in [-0.4, -0.2) is 76.5 Å². The molecule has 1 aromatic carbocycles. The third-order valence-corrected chi connectivity index (χ3v) is 8.09. The van der Waals surface area contributed by atoms with Crippen molar-refractivity contribution in [1.82, 2.24) is 24.5 Å². The highest BCUT2D eigenvalue weighted by Crippen LogP contribution is 2.33. The number of thiazole rings is 1. The third kappa shape index (κ3) is 4.46. The summed E-state index contributed by atoms with van der Waals surface area (Å²) in [6, 6.07) is 8.12. The lowest BCUT2D eigenvalue weighted by Crippen LogP contribution is -2.33. The number of aromatic nitrogens is 5. The summed E-state index contributed by atoms with van der Waals surface area (Å²) in [6.45, 7) is 1.64. The zero-order valence-electron chi connectivity index (χ0n) is 17.4. The highest BCUT2D eigenvalue weighted by molar-refractivity contribution is 9.10. The molecule has 10 nitrogen and oxygen atoms in total. The quantitative estimate of drug-likeness (QED) is 0.199. The Morgan fingerprint density at radius 1 is 1.24 bits per heavy atom. The maximum atomic E-state index is 10.4. The minimum absolute atomic E-state index is 0.0473. The van der Waals surface area contributed by atoms with Gasteiger partial charge in [0.25, 0.3) is 0 Å². The molecule has 0 unspecified atom stereocenters. The maximum Gasteiger partial charge on any atom is 0.200 e. The molecule has 13 heteroatoms. The van der Waals surface area contributed by atoms with Crippen LogP contribution in [0.5, 0.6) is 0 Å². The lowest BCUT2D eigenvalue weighted by atomic mass is 10.1. The smallest absolute Gasteiger partial charge is 0.200 e. The van der Waals surface area contributed by atoms with Gasteiger partial charge in [0.2, 0.25) is 4.73 Å². The van der Waals surface area contributed by atoms with Gasteiger partial charge in [-0.2, -0.15) is 0 Å². The normalized spacial score (nSPS) is 24.0. The van der Waals surface area contributed by atoms with E-state index in [9.17, 15) is 15.3 Å². The van der Waals surface area contributed by atoms with Crippen LogP contribution in [-0.2, 0) is 4.74 Å². The van der Waals surface area contributed by atoms with Crippen molar-refractivity contribution in [3.05, 3.63) is 35.3 Å². The third-order valence-electron chi connectivity index (χ3n) is 5.30. The lowest BCUT2D eigenvalue weighted by molar-refractivity contribution is -0.0511. The van der Waals surface area contributed by atoms with E-state index in [0.717, 1.165) is 20.3 Å². The fourth-order valence-corrected chi connectivity index (χ4v) is 6.06. The molecular formula is C20H21BrN6O4S2. The van der Waals surface area contributed by atoms with Crippen molar-refractivity contribution >= 4 is 66.2 Å². The van der Waals surface area contributed by atoms with Crippen molar-refractivity contribution in [2.75, 3.05) is 17.7 Å². The van der Waals surface area contributed by atoms with Gasteiger partial charge in [0.1, 0.15) is 18.3 Å². The first-order valence-corrected chi connectivity index (χ1v) is 12.8. The number of nitrogens with one attached hydrogen (secondary N) is 1. The molecule has 0 saturated carbocycles. The number of hydrogen-bond acceptors (Lipinski definition) is 11. The summed E-state index contributed by atoms with van der Waals surface area (Å²) < 4.78 is 9.68. The molecule has 33 heavy (non-hydrogen) atoms. The first kappa shape index (κ1) is 22.9. The zero-order valence-corrected chi connectivity index (χ0v) is 20.6. The number of ether oxygens (including phenoxy) is 1. The lowest BCUT2D eigenvalue weighted by Gasteiger charge is -2.17. The summed E-state index contributed by atoms with van der Waals surface area (Å²) in [5.41, 5.74) is 1.94. The van der Waals surface area contributed by atoms with Gasteiger partial charge in [0.15, 0.2) is 27.5 Å². The molecule has 5 rings (SSSR count). The monoisotopic (exact) mass is 552 g/mol. The average molecular weight is 553 g/mol. The number of benzene rings is 1. The van der Waals surface area contributed by atoms with Crippen molar-refractivity contribution in [2.45, 2.75) is 41.8 Å². The van der Waals surface area contributed by atoms with Gasteiger partial charge in [-0.15, -0.1) is 11.3 Å². The molecule has 1 fully saturated rings. The van der Waals surface area contributed by atoms with E-state index in [2.05, 4.69) is 47.2 Å². The van der Waals surface area contributed by atoms with Crippen LogP contribution in [0.15, 0.2) is 39.7 Å². The van der Waals surface area contributed by atoms with E-state index in [1.807, 2.05) is 25.1 Å². The molecule has 0 amide bonds. The molecule has 1 aliphatic rings. The predicted molar refractivity (Wildman–Crippen MR) is 129 cm³/mol. The maximum absolute atomic E-state index is 10.4. The van der Waals surface area contributed by atoms with Crippen molar-refractivity contribution in [2.24, 2.45) is 0 Å². The second kappa shape index (κ2) is 9.41. The summed E-state index contributed by atoms with van der Waals surface area (Å²) in [5.74, 6) is 1.30. The summed E-state index contributed by atoms with van der Waals surface area (Å²) in [4.78, 5) is 17.9. The Kier molecular flexibility index (Phi) is 6.53. The number of imidazole rings is 1. The Balaban J connectivity index is 1.34. The summed E-state index contributed by atoms with van der Waals surface area (Å²) in [5, 5.41) is 33.2. The molecule has 3 aromatic heterocycles. The molecule has 5 atom stereocenters. The number of thioether (sulfide) groups is 1. The van der Waals surface area contributed by atoms with Crippen LogP contribution in [0.3, 0.4) is 0 Å². The standard InChI is InChI=1S/C20H21BrN6O4S2/c1-9(7-32-20-24-10-4-2-3-5-12(10)33-20)23-16-13-17(26-19(21)25-16)27(8-22-13)18-15(30)14(29)11(6-28)31-18/h2-5,8-9,11,14-15,18,28-30H,6-7H2,1H3,(H,23,25,26)/t9-,11-,14-,15-,18-/m1/s1. The molecule has 0 bridgehead atoms. The van der Waals surface area contributed by atoms with Crippen LogP contribution in [0.4, 0.5) is 5.82 Å². The second-order valence-corrected chi connectivity index (χ2v) is 10.7. The Morgan fingerprint density at radius 2 is 2.06 bits per heavy atom. The van der Waals surface area contributed by atoms with Gasteiger partial charge < -0.3 is 25.4 Å². The molecule has 4 aromatic rings. The first-order valence-electron chi connectivity index (χ1n) is 10.2. The van der Waals surface area contributed by atoms with E-state index in [4.69, 9.17) is 4.74 Å². The number of aliphatic hydroxyl groups is 3. The second-order valence-electron chi connectivity index (χ2n) is 7.70. The highest BCUT2D eigenvalue weighted by Gasteiger charge is 2.44. The molecule has 0 aliphatic carbocycles. The molecule has 0 spiro atoms. The average Bonchev–Trinajstić information content (AvgIpc) is 3.48. The molecule has 4 N–H and O–H groups in total. The van der Waals surface area contributed by atoms with Gasteiger partial charge >= 0.3 is 0 Å². The van der Waals surface area contributed by atoms with E-state index >= 15 is 0 Å². The largest absolute Gasteiger partial charge is 0.394 e. The first-order chi connectivity index (χ1) is 15.9. The number of anilines is 1. The fraction of sp³-hybridized carbons (Fsp3) is 0.400. The molecular weight excluding hydrogens is 532 g/mol. The summed E-state index contributed by atoms with van der Waals surface area (Å²) in [6.07, 6.45) is -2.76. The van der Waals surface area contributed by atoms with Crippen LogP contribution in [0.1, 0.15) is 13.2 Å². The minimum atomic E-state index is -1.23.